The maximum absolute atomic E-state index is 12.2. The third kappa shape index (κ3) is 5.11. The van der Waals surface area contributed by atoms with Crippen LogP contribution in [0.1, 0.15) is 21.5 Å². The topological polar surface area (TPSA) is 59.3 Å². The Morgan fingerprint density at radius 2 is 1.60 bits per heavy atom. The molecule has 0 aliphatic heterocycles. The minimum Gasteiger partial charge on any atom is -0.465 e. The van der Waals surface area contributed by atoms with Crippen LogP contribution >= 0.6 is 0 Å². The molecule has 0 heterocycles. The summed E-state index contributed by atoms with van der Waals surface area (Å²) in [6.45, 7) is 0. The molecule has 7 heteroatoms. The van der Waals surface area contributed by atoms with Crippen molar-refractivity contribution in [2.45, 2.75) is 6.36 Å². The van der Waals surface area contributed by atoms with Crippen LogP contribution in [0.15, 0.2) is 48.5 Å². The number of nitrogens with zero attached hydrogens (tertiary/aromatic N) is 1. The molecule has 0 saturated carbocycles. The molecular formula is C18H12F3NO3. The van der Waals surface area contributed by atoms with E-state index in [9.17, 15) is 23.2 Å². The maximum Gasteiger partial charge on any atom is 0.573 e. The van der Waals surface area contributed by atoms with Gasteiger partial charge in [-0.05, 0) is 53.6 Å². The molecule has 0 bridgehead atoms. The Balaban J connectivity index is 2.23. The van der Waals surface area contributed by atoms with Crippen molar-refractivity contribution in [3.05, 3.63) is 65.2 Å². The lowest BCUT2D eigenvalue weighted by Gasteiger charge is -2.09. The highest BCUT2D eigenvalue weighted by Gasteiger charge is 2.30. The summed E-state index contributed by atoms with van der Waals surface area (Å²) < 4.78 is 44.8. The van der Waals surface area contributed by atoms with Crippen LogP contribution in [0.4, 0.5) is 13.2 Å². The number of carbonyl (C=O) groups is 1. The summed E-state index contributed by atoms with van der Waals surface area (Å²) in [6.07, 6.45) is -3.21. The molecule has 0 N–H and O–H groups in total. The Labute approximate surface area is 141 Å². The molecular weight excluding hydrogens is 335 g/mol. The molecule has 0 spiro atoms. The second kappa shape index (κ2) is 7.53. The van der Waals surface area contributed by atoms with Crippen molar-refractivity contribution in [2.75, 3.05) is 7.11 Å². The van der Waals surface area contributed by atoms with Crippen molar-refractivity contribution in [2.24, 2.45) is 0 Å². The van der Waals surface area contributed by atoms with Gasteiger partial charge in [0.15, 0.2) is 0 Å². The molecule has 0 radical (unpaired) electrons. The van der Waals surface area contributed by atoms with E-state index in [1.165, 1.54) is 19.2 Å². The Morgan fingerprint density at radius 1 is 1.04 bits per heavy atom. The second-order valence-electron chi connectivity index (χ2n) is 4.86. The molecule has 4 nitrogen and oxygen atoms in total. The van der Waals surface area contributed by atoms with E-state index >= 15 is 0 Å². The van der Waals surface area contributed by atoms with Crippen LogP contribution in [-0.4, -0.2) is 19.4 Å². The van der Waals surface area contributed by atoms with Gasteiger partial charge >= 0.3 is 12.3 Å². The van der Waals surface area contributed by atoms with Gasteiger partial charge in [-0.2, -0.15) is 5.26 Å². The van der Waals surface area contributed by atoms with Gasteiger partial charge < -0.3 is 9.47 Å². The van der Waals surface area contributed by atoms with Gasteiger partial charge in [-0.15, -0.1) is 13.2 Å². The van der Waals surface area contributed by atoms with E-state index in [4.69, 9.17) is 0 Å². The number of hydrogen-bond donors (Lipinski definition) is 0. The summed E-state index contributed by atoms with van der Waals surface area (Å²) >= 11 is 0. The average molecular weight is 347 g/mol. The number of hydrogen-bond acceptors (Lipinski definition) is 4. The number of alkyl halides is 3. The molecule has 2 aromatic rings. The van der Waals surface area contributed by atoms with Crippen molar-refractivity contribution >= 4 is 17.6 Å². The lowest BCUT2D eigenvalue weighted by atomic mass is 10.0. The molecule has 0 aliphatic carbocycles. The molecule has 0 aromatic heterocycles. The largest absolute Gasteiger partial charge is 0.573 e. The summed E-state index contributed by atoms with van der Waals surface area (Å²) in [5.74, 6) is -0.840. The van der Waals surface area contributed by atoms with E-state index < -0.39 is 12.3 Å². The number of rotatable bonds is 4. The molecule has 0 fully saturated rings. The van der Waals surface area contributed by atoms with E-state index in [2.05, 4.69) is 9.47 Å². The predicted octanol–water partition coefficient (Wildman–Crippen LogP) is 4.44. The number of benzene rings is 2. The molecule has 0 unspecified atom stereocenters. The zero-order valence-corrected chi connectivity index (χ0v) is 13.0. The standard InChI is InChI=1S/C18H12F3NO3/c1-24-17(23)14-4-2-12(3-5-14)10-15(11-22)13-6-8-16(9-7-13)25-18(19,20)21/h2-10H,1H3/b15-10-. The fourth-order valence-corrected chi connectivity index (χ4v) is 2.02. The summed E-state index contributed by atoms with van der Waals surface area (Å²) in [6, 6.07) is 13.3. The normalized spacial score (nSPS) is 11.6. The molecule has 25 heavy (non-hydrogen) atoms. The smallest absolute Gasteiger partial charge is 0.465 e. The van der Waals surface area contributed by atoms with E-state index in [1.54, 1.807) is 30.3 Å². The molecule has 0 saturated heterocycles. The maximum atomic E-state index is 12.2. The third-order valence-corrected chi connectivity index (χ3v) is 3.16. The first kappa shape index (κ1) is 18.1. The Hall–Kier alpha value is -3.27. The first-order valence-electron chi connectivity index (χ1n) is 6.99. The third-order valence-electron chi connectivity index (χ3n) is 3.16. The van der Waals surface area contributed by atoms with Gasteiger partial charge in [0, 0.05) is 0 Å². The van der Waals surface area contributed by atoms with Crippen molar-refractivity contribution in [3.8, 4) is 11.8 Å². The minimum atomic E-state index is -4.77. The van der Waals surface area contributed by atoms with Crippen LogP contribution in [0.25, 0.3) is 11.6 Å². The lowest BCUT2D eigenvalue weighted by Crippen LogP contribution is -2.16. The number of allylic oxidation sites excluding steroid dienone is 1. The highest BCUT2D eigenvalue weighted by molar-refractivity contribution is 5.92. The molecule has 2 rings (SSSR count). The fourth-order valence-electron chi connectivity index (χ4n) is 2.02. The van der Waals surface area contributed by atoms with Gasteiger partial charge in [0.2, 0.25) is 0 Å². The van der Waals surface area contributed by atoms with E-state index in [1.807, 2.05) is 6.07 Å². The summed E-state index contributed by atoms with van der Waals surface area (Å²) in [5, 5.41) is 9.27. The van der Waals surface area contributed by atoms with Gasteiger partial charge in [0.05, 0.1) is 24.3 Å². The first-order valence-corrected chi connectivity index (χ1v) is 6.99. The summed E-state index contributed by atoms with van der Waals surface area (Å²) in [4.78, 5) is 11.4. The van der Waals surface area contributed by atoms with Gasteiger partial charge in [0.25, 0.3) is 0 Å². The number of methoxy groups -OCH3 is 1. The molecule has 0 amide bonds. The second-order valence-corrected chi connectivity index (χ2v) is 4.86. The van der Waals surface area contributed by atoms with Crippen molar-refractivity contribution in [3.63, 3.8) is 0 Å². The monoisotopic (exact) mass is 347 g/mol. The molecule has 128 valence electrons. The number of ether oxygens (including phenoxy) is 2. The van der Waals surface area contributed by atoms with Gasteiger partial charge in [0.1, 0.15) is 5.75 Å². The predicted molar refractivity (Wildman–Crippen MR) is 84.4 cm³/mol. The SMILES string of the molecule is COC(=O)c1ccc(/C=C(/C#N)c2ccc(OC(F)(F)F)cc2)cc1. The quantitative estimate of drug-likeness (QED) is 0.466. The average Bonchev–Trinajstić information content (AvgIpc) is 2.59. The van der Waals surface area contributed by atoms with Crippen LogP contribution in [0.5, 0.6) is 5.75 Å². The Kier molecular flexibility index (Phi) is 5.45. The van der Waals surface area contributed by atoms with Crippen LogP contribution < -0.4 is 4.74 Å². The van der Waals surface area contributed by atoms with Crippen molar-refractivity contribution in [1.82, 2.24) is 0 Å². The van der Waals surface area contributed by atoms with Crippen molar-refractivity contribution in [1.29, 1.82) is 5.26 Å². The van der Waals surface area contributed by atoms with Crippen LogP contribution in [-0.2, 0) is 4.74 Å². The van der Waals surface area contributed by atoms with Gasteiger partial charge in [-0.1, -0.05) is 12.1 Å². The minimum absolute atomic E-state index is 0.254. The molecule has 0 atom stereocenters. The first-order chi connectivity index (χ1) is 11.8. The zero-order chi connectivity index (χ0) is 18.4. The van der Waals surface area contributed by atoms with E-state index in [0.717, 1.165) is 12.1 Å². The number of halogens is 3. The van der Waals surface area contributed by atoms with E-state index in [0.29, 0.717) is 16.7 Å². The lowest BCUT2D eigenvalue weighted by molar-refractivity contribution is -0.274. The molecule has 0 aliphatic rings. The van der Waals surface area contributed by atoms with Crippen molar-refractivity contribution < 1.29 is 27.4 Å². The summed E-state index contributed by atoms with van der Waals surface area (Å²) in [5.41, 5.74) is 1.71. The van der Waals surface area contributed by atoms with Crippen LogP contribution in [0, 0.1) is 11.3 Å². The Morgan fingerprint density at radius 3 is 2.08 bits per heavy atom. The zero-order valence-electron chi connectivity index (χ0n) is 13.0. The summed E-state index contributed by atoms with van der Waals surface area (Å²) in [7, 11) is 1.27. The highest BCUT2D eigenvalue weighted by Crippen LogP contribution is 2.25. The van der Waals surface area contributed by atoms with Crippen LogP contribution in [0.2, 0.25) is 0 Å². The van der Waals surface area contributed by atoms with Crippen LogP contribution in [0.3, 0.4) is 0 Å². The fraction of sp³-hybridized carbons (Fsp3) is 0.111. The number of esters is 1. The van der Waals surface area contributed by atoms with E-state index in [-0.39, 0.29) is 11.3 Å². The van der Waals surface area contributed by atoms with Gasteiger partial charge in [-0.3, -0.25) is 0 Å². The molecule has 2 aromatic carbocycles. The highest BCUT2D eigenvalue weighted by atomic mass is 19.4. The van der Waals surface area contributed by atoms with Gasteiger partial charge in [-0.25, -0.2) is 4.79 Å². The number of carbonyl (C=O) groups excluding carboxylic acids is 1. The Bertz CT molecular complexity index is 817. The number of nitriles is 1.